The maximum atomic E-state index is 11.4. The van der Waals surface area contributed by atoms with Crippen LogP contribution in [0.2, 0.25) is 0 Å². The third-order valence-corrected chi connectivity index (χ3v) is 5.82. The van der Waals surface area contributed by atoms with E-state index in [4.69, 9.17) is 28.4 Å². The zero-order chi connectivity index (χ0) is 20.7. The molecule has 2 aromatic rings. The van der Waals surface area contributed by atoms with Crippen molar-refractivity contribution < 1.29 is 38.3 Å². The van der Waals surface area contributed by atoms with Gasteiger partial charge in [0.25, 0.3) is 0 Å². The fourth-order valence-corrected chi connectivity index (χ4v) is 4.43. The lowest BCUT2D eigenvalue weighted by atomic mass is 9.81. The molecule has 4 atom stereocenters. The Balaban J connectivity index is 0.000000609. The van der Waals surface area contributed by atoms with Crippen molar-refractivity contribution in [1.29, 1.82) is 0 Å². The molecule has 2 saturated heterocycles. The largest absolute Gasteiger partial charge is 0.454 e. The average Bonchev–Trinajstić information content (AvgIpc) is 3.50. The molecule has 0 bridgehead atoms. The third-order valence-electron chi connectivity index (χ3n) is 5.82. The molecule has 6 rings (SSSR count). The predicted octanol–water partition coefficient (Wildman–Crippen LogP) is 2.60. The van der Waals surface area contributed by atoms with Gasteiger partial charge in [0.05, 0.1) is 19.3 Å². The van der Waals surface area contributed by atoms with Gasteiger partial charge in [0, 0.05) is 20.1 Å². The minimum atomic E-state index is -1.10. The first kappa shape index (κ1) is 19.4. The van der Waals surface area contributed by atoms with E-state index >= 15 is 0 Å². The van der Waals surface area contributed by atoms with E-state index in [0.29, 0.717) is 23.9 Å². The second-order valence-electron chi connectivity index (χ2n) is 7.68. The highest BCUT2D eigenvalue weighted by atomic mass is 16.7. The van der Waals surface area contributed by atoms with Gasteiger partial charge in [-0.05, 0) is 35.4 Å². The molecule has 4 aliphatic heterocycles. The Morgan fingerprint density at radius 3 is 2.07 bits per heavy atom. The molecule has 30 heavy (non-hydrogen) atoms. The van der Waals surface area contributed by atoms with Crippen LogP contribution in [0.3, 0.4) is 0 Å². The van der Waals surface area contributed by atoms with Crippen molar-refractivity contribution >= 4 is 0 Å². The summed E-state index contributed by atoms with van der Waals surface area (Å²) in [6.45, 7) is 1.06. The van der Waals surface area contributed by atoms with Crippen molar-refractivity contribution in [2.24, 2.45) is 5.92 Å². The van der Waals surface area contributed by atoms with Crippen LogP contribution < -0.4 is 18.9 Å². The van der Waals surface area contributed by atoms with Gasteiger partial charge in [-0.1, -0.05) is 12.1 Å². The lowest BCUT2D eigenvalue weighted by molar-refractivity contribution is -0.0628. The van der Waals surface area contributed by atoms with E-state index in [2.05, 4.69) is 4.74 Å². The van der Waals surface area contributed by atoms with Crippen molar-refractivity contribution in [3.05, 3.63) is 47.5 Å². The molecule has 2 fully saturated rings. The van der Waals surface area contributed by atoms with Crippen LogP contribution in [0.15, 0.2) is 36.4 Å². The van der Waals surface area contributed by atoms with Gasteiger partial charge >= 0.3 is 0 Å². The Bertz CT molecular complexity index is 931. The lowest BCUT2D eigenvalue weighted by Crippen LogP contribution is -2.39. The highest BCUT2D eigenvalue weighted by molar-refractivity contribution is 5.47. The van der Waals surface area contributed by atoms with Crippen LogP contribution in [0.25, 0.3) is 0 Å². The van der Waals surface area contributed by atoms with Crippen LogP contribution in [0.1, 0.15) is 23.3 Å². The first-order chi connectivity index (χ1) is 14.6. The summed E-state index contributed by atoms with van der Waals surface area (Å²) in [5.74, 6) is 2.65. The smallest absolute Gasteiger partial charge is 0.231 e. The van der Waals surface area contributed by atoms with Gasteiger partial charge in [0.2, 0.25) is 13.6 Å². The van der Waals surface area contributed by atoms with Gasteiger partial charge in [0.15, 0.2) is 23.0 Å². The highest BCUT2D eigenvalue weighted by Gasteiger charge is 2.59. The fourth-order valence-electron chi connectivity index (χ4n) is 4.43. The van der Waals surface area contributed by atoms with Gasteiger partial charge < -0.3 is 38.3 Å². The lowest BCUT2D eigenvalue weighted by Gasteiger charge is -2.27. The van der Waals surface area contributed by atoms with Gasteiger partial charge in [-0.2, -0.15) is 0 Å². The minimum absolute atomic E-state index is 0.173. The summed E-state index contributed by atoms with van der Waals surface area (Å²) < 4.78 is 38.0. The van der Waals surface area contributed by atoms with E-state index in [-0.39, 0.29) is 32.2 Å². The summed E-state index contributed by atoms with van der Waals surface area (Å²) in [4.78, 5) is 0. The minimum Gasteiger partial charge on any atom is -0.454 e. The van der Waals surface area contributed by atoms with Crippen LogP contribution in [0.5, 0.6) is 23.0 Å². The average molecular weight is 416 g/mol. The number of fused-ring (bicyclic) bond motifs is 3. The van der Waals surface area contributed by atoms with Gasteiger partial charge in [-0.25, -0.2) is 0 Å². The topological polar surface area (TPSA) is 84.8 Å². The molecule has 0 radical (unpaired) electrons. The van der Waals surface area contributed by atoms with Crippen LogP contribution >= 0.6 is 0 Å². The molecule has 4 aliphatic rings. The molecule has 2 aromatic carbocycles. The first-order valence-electron chi connectivity index (χ1n) is 9.79. The molecule has 0 spiro atoms. The number of hydrogen-bond donors (Lipinski definition) is 1. The van der Waals surface area contributed by atoms with Crippen LogP contribution in [0.4, 0.5) is 0 Å². The van der Waals surface area contributed by atoms with Crippen LogP contribution in [-0.2, 0) is 14.2 Å². The SMILES string of the molecule is COC.O[C@]12CO[C@H](c3ccc4c(c3)OCO4)[C@H]1CO[C@@H]2c1ccc2c(c1)OCO2. The van der Waals surface area contributed by atoms with E-state index in [0.717, 1.165) is 16.9 Å². The number of ether oxygens (including phenoxy) is 7. The molecule has 4 heterocycles. The second-order valence-corrected chi connectivity index (χ2v) is 7.68. The third kappa shape index (κ3) is 3.07. The van der Waals surface area contributed by atoms with Crippen molar-refractivity contribution in [2.45, 2.75) is 17.8 Å². The predicted molar refractivity (Wildman–Crippen MR) is 104 cm³/mol. The molecule has 160 valence electrons. The van der Waals surface area contributed by atoms with E-state index in [9.17, 15) is 5.11 Å². The van der Waals surface area contributed by atoms with Gasteiger partial charge in [0.1, 0.15) is 11.7 Å². The van der Waals surface area contributed by atoms with Gasteiger partial charge in [-0.3, -0.25) is 0 Å². The maximum absolute atomic E-state index is 11.4. The Hall–Kier alpha value is -2.52. The maximum Gasteiger partial charge on any atom is 0.231 e. The molecule has 1 N–H and O–H groups in total. The highest BCUT2D eigenvalue weighted by Crippen LogP contribution is 2.54. The van der Waals surface area contributed by atoms with Crippen LogP contribution in [-0.4, -0.2) is 51.7 Å². The van der Waals surface area contributed by atoms with E-state index < -0.39 is 11.7 Å². The normalized spacial score (nSPS) is 30.0. The zero-order valence-corrected chi connectivity index (χ0v) is 16.8. The molecule has 8 nitrogen and oxygen atoms in total. The summed E-state index contributed by atoms with van der Waals surface area (Å²) in [7, 11) is 3.25. The van der Waals surface area contributed by atoms with E-state index in [1.165, 1.54) is 0 Å². The molecule has 0 amide bonds. The van der Waals surface area contributed by atoms with Crippen molar-refractivity contribution in [3.8, 4) is 23.0 Å². The Labute approximate surface area is 174 Å². The Kier molecular flexibility index (Phi) is 4.94. The van der Waals surface area contributed by atoms with E-state index in [1.807, 2.05) is 36.4 Å². The van der Waals surface area contributed by atoms with Crippen molar-refractivity contribution in [1.82, 2.24) is 0 Å². The standard InChI is InChI=1S/C20H18O7.C2H6O/c21-20-8-23-18(11-1-3-14-16(5-11)26-9-24-14)13(20)7-22-19(20)12-2-4-15-17(6-12)27-10-25-15;1-3-2/h1-6,13,18-19,21H,7-10H2;1-2H3/t13-,18-,19-,20-;/m1./s1. The molecule has 0 aromatic heterocycles. The van der Waals surface area contributed by atoms with Crippen molar-refractivity contribution in [3.63, 3.8) is 0 Å². The second kappa shape index (κ2) is 7.63. The molecular weight excluding hydrogens is 392 g/mol. The van der Waals surface area contributed by atoms with E-state index in [1.54, 1.807) is 14.2 Å². The number of aliphatic hydroxyl groups is 1. The summed E-state index contributed by atoms with van der Waals surface area (Å²) in [6, 6.07) is 11.4. The summed E-state index contributed by atoms with van der Waals surface area (Å²) in [5.41, 5.74) is 0.712. The van der Waals surface area contributed by atoms with Gasteiger partial charge in [-0.15, -0.1) is 0 Å². The van der Waals surface area contributed by atoms with Crippen LogP contribution in [0, 0.1) is 5.92 Å². The summed E-state index contributed by atoms with van der Waals surface area (Å²) in [5, 5.41) is 11.4. The zero-order valence-electron chi connectivity index (χ0n) is 16.8. The molecule has 8 heteroatoms. The number of rotatable bonds is 2. The monoisotopic (exact) mass is 416 g/mol. The fraction of sp³-hybridized carbons (Fsp3) is 0.455. The molecule has 0 saturated carbocycles. The Morgan fingerprint density at radius 1 is 0.833 bits per heavy atom. The van der Waals surface area contributed by atoms with Crippen molar-refractivity contribution in [2.75, 3.05) is 41.0 Å². The summed E-state index contributed by atoms with van der Waals surface area (Å²) in [6.07, 6.45) is -0.737. The summed E-state index contributed by atoms with van der Waals surface area (Å²) >= 11 is 0. The number of benzene rings is 2. The molecule has 0 unspecified atom stereocenters. The number of hydrogen-bond acceptors (Lipinski definition) is 8. The first-order valence-corrected chi connectivity index (χ1v) is 9.79. The molecule has 0 aliphatic carbocycles. The Morgan fingerprint density at radius 2 is 1.40 bits per heavy atom. The number of methoxy groups -OCH3 is 1. The quantitative estimate of drug-likeness (QED) is 0.800. The molecular formula is C22H24O8.